The molecule has 1 atom stereocenters. The minimum absolute atomic E-state index is 0.0438. The molecule has 0 aromatic carbocycles. The van der Waals surface area contributed by atoms with E-state index in [1.54, 1.807) is 0 Å². The lowest BCUT2D eigenvalue weighted by Crippen LogP contribution is -2.16. The predicted octanol–water partition coefficient (Wildman–Crippen LogP) is 10.9. The second-order valence-corrected chi connectivity index (χ2v) is 11.5. The first-order valence-corrected chi connectivity index (χ1v) is 16.7. The van der Waals surface area contributed by atoms with E-state index in [0.717, 1.165) is 19.3 Å². The monoisotopic (exact) mass is 496 g/mol. The molecular formula is C33H69NO. The number of hydrogen-bond acceptors (Lipinski definition) is 2. The summed E-state index contributed by atoms with van der Waals surface area (Å²) >= 11 is 0. The van der Waals surface area contributed by atoms with Crippen LogP contribution in [0, 0.1) is 0 Å². The van der Waals surface area contributed by atoms with Crippen molar-refractivity contribution in [2.45, 2.75) is 200 Å². The predicted molar refractivity (Wildman–Crippen MR) is 160 cm³/mol. The maximum Gasteiger partial charge on any atom is 0.0540 e. The molecule has 1 unspecified atom stereocenters. The molecule has 0 fully saturated rings. The molecule has 0 aliphatic heterocycles. The Morgan fingerprint density at radius 1 is 0.371 bits per heavy atom. The molecule has 0 aromatic heterocycles. The van der Waals surface area contributed by atoms with Crippen molar-refractivity contribution in [1.82, 2.24) is 5.32 Å². The Morgan fingerprint density at radius 3 is 1.03 bits per heavy atom. The quantitative estimate of drug-likeness (QED) is 0.0937. The molecule has 0 spiro atoms. The Hall–Kier alpha value is -0.0800. The molecule has 35 heavy (non-hydrogen) atoms. The van der Waals surface area contributed by atoms with Crippen LogP contribution in [0.15, 0.2) is 0 Å². The number of aliphatic hydroxyl groups excluding tert-OH is 1. The fraction of sp³-hybridized carbons (Fsp3) is 1.00. The van der Waals surface area contributed by atoms with Gasteiger partial charge in [0, 0.05) is 0 Å². The average Bonchev–Trinajstić information content (AvgIpc) is 2.86. The van der Waals surface area contributed by atoms with Gasteiger partial charge < -0.3 is 10.4 Å². The van der Waals surface area contributed by atoms with Gasteiger partial charge in [0.2, 0.25) is 0 Å². The zero-order valence-electron chi connectivity index (χ0n) is 24.7. The third-order valence-corrected chi connectivity index (χ3v) is 7.72. The summed E-state index contributed by atoms with van der Waals surface area (Å²) < 4.78 is 0. The Labute approximate surface area is 223 Å². The minimum atomic E-state index is -0.0438. The van der Waals surface area contributed by atoms with E-state index < -0.39 is 0 Å². The molecule has 0 amide bonds. The van der Waals surface area contributed by atoms with Crippen molar-refractivity contribution in [3.05, 3.63) is 0 Å². The number of rotatable bonds is 31. The van der Waals surface area contributed by atoms with Crippen LogP contribution in [0.4, 0.5) is 0 Å². The average molecular weight is 496 g/mol. The van der Waals surface area contributed by atoms with Gasteiger partial charge >= 0.3 is 0 Å². The molecule has 0 aliphatic rings. The highest BCUT2D eigenvalue weighted by Crippen LogP contribution is 2.14. The minimum Gasteiger partial charge on any atom is -0.393 e. The normalized spacial score (nSPS) is 12.4. The molecule has 0 saturated carbocycles. The summed E-state index contributed by atoms with van der Waals surface area (Å²) in [6.07, 6.45) is 38.5. The molecule has 0 aromatic rings. The summed E-state index contributed by atoms with van der Waals surface area (Å²) in [4.78, 5) is 0. The first-order chi connectivity index (χ1) is 17.3. The van der Waals surface area contributed by atoms with E-state index in [4.69, 9.17) is 0 Å². The number of aliphatic hydroxyl groups is 1. The third kappa shape index (κ3) is 31.9. The standard InChI is InChI=1S/C33H69NO/c1-3-5-6-7-8-9-10-11-12-13-14-15-18-21-24-27-31-34-32-28-25-22-19-16-17-20-23-26-30-33(35)29-4-2/h33-35H,3-32H2,1-2H3. The largest absolute Gasteiger partial charge is 0.393 e. The molecule has 0 radical (unpaired) electrons. The van der Waals surface area contributed by atoms with Crippen molar-refractivity contribution in [2.75, 3.05) is 13.1 Å². The van der Waals surface area contributed by atoms with Crippen molar-refractivity contribution in [2.24, 2.45) is 0 Å². The van der Waals surface area contributed by atoms with Gasteiger partial charge in [-0.1, -0.05) is 168 Å². The highest BCUT2D eigenvalue weighted by molar-refractivity contribution is 4.56. The van der Waals surface area contributed by atoms with Crippen LogP contribution in [0.3, 0.4) is 0 Å². The molecule has 2 heteroatoms. The van der Waals surface area contributed by atoms with E-state index in [9.17, 15) is 5.11 Å². The second kappa shape index (κ2) is 31.9. The first kappa shape index (κ1) is 34.9. The summed E-state index contributed by atoms with van der Waals surface area (Å²) in [6.45, 7) is 6.90. The fourth-order valence-electron chi connectivity index (χ4n) is 5.27. The Kier molecular flexibility index (Phi) is 31.9. The molecular weight excluding hydrogens is 426 g/mol. The molecule has 0 saturated heterocycles. The van der Waals surface area contributed by atoms with Gasteiger partial charge in [0.15, 0.2) is 0 Å². The van der Waals surface area contributed by atoms with Crippen molar-refractivity contribution in [3.8, 4) is 0 Å². The van der Waals surface area contributed by atoms with E-state index in [1.807, 2.05) is 0 Å². The number of hydrogen-bond donors (Lipinski definition) is 2. The maximum atomic E-state index is 9.74. The fourth-order valence-corrected chi connectivity index (χ4v) is 5.27. The summed E-state index contributed by atoms with van der Waals surface area (Å²) in [5.41, 5.74) is 0. The number of unbranched alkanes of at least 4 members (excludes halogenated alkanes) is 23. The van der Waals surface area contributed by atoms with Gasteiger partial charge in [0.1, 0.15) is 0 Å². The van der Waals surface area contributed by atoms with E-state index in [0.29, 0.717) is 0 Å². The molecule has 2 nitrogen and oxygen atoms in total. The van der Waals surface area contributed by atoms with Crippen molar-refractivity contribution < 1.29 is 5.11 Å². The van der Waals surface area contributed by atoms with E-state index in [2.05, 4.69) is 19.2 Å². The maximum absolute atomic E-state index is 9.74. The van der Waals surface area contributed by atoms with Gasteiger partial charge in [0.05, 0.1) is 6.10 Å². The highest BCUT2D eigenvalue weighted by Gasteiger charge is 2.01. The van der Waals surface area contributed by atoms with Gasteiger partial charge in [-0.3, -0.25) is 0 Å². The molecule has 0 heterocycles. The lowest BCUT2D eigenvalue weighted by molar-refractivity contribution is 0.150. The number of nitrogens with one attached hydrogen (secondary N) is 1. The molecule has 2 N–H and O–H groups in total. The highest BCUT2D eigenvalue weighted by atomic mass is 16.3. The lowest BCUT2D eigenvalue weighted by atomic mass is 10.0. The van der Waals surface area contributed by atoms with Crippen LogP contribution in [0.5, 0.6) is 0 Å². The van der Waals surface area contributed by atoms with E-state index >= 15 is 0 Å². The van der Waals surface area contributed by atoms with Crippen LogP contribution >= 0.6 is 0 Å². The zero-order valence-corrected chi connectivity index (χ0v) is 24.7. The van der Waals surface area contributed by atoms with Crippen LogP contribution < -0.4 is 5.32 Å². The van der Waals surface area contributed by atoms with Crippen LogP contribution in [0.1, 0.15) is 194 Å². The van der Waals surface area contributed by atoms with Crippen LogP contribution in [-0.4, -0.2) is 24.3 Å². The van der Waals surface area contributed by atoms with Gasteiger partial charge in [-0.15, -0.1) is 0 Å². The Balaban J connectivity index is 3.03. The van der Waals surface area contributed by atoms with Gasteiger partial charge in [-0.25, -0.2) is 0 Å². The third-order valence-electron chi connectivity index (χ3n) is 7.72. The summed E-state index contributed by atoms with van der Waals surface area (Å²) in [6, 6.07) is 0. The van der Waals surface area contributed by atoms with Gasteiger partial charge in [-0.05, 0) is 38.8 Å². The first-order valence-electron chi connectivity index (χ1n) is 16.7. The van der Waals surface area contributed by atoms with Crippen molar-refractivity contribution >= 4 is 0 Å². The van der Waals surface area contributed by atoms with E-state index in [1.165, 1.54) is 174 Å². The molecule has 0 bridgehead atoms. The lowest BCUT2D eigenvalue weighted by Gasteiger charge is -2.08. The molecule has 212 valence electrons. The smallest absolute Gasteiger partial charge is 0.0540 e. The van der Waals surface area contributed by atoms with Crippen LogP contribution in [0.2, 0.25) is 0 Å². The zero-order chi connectivity index (χ0) is 25.5. The van der Waals surface area contributed by atoms with Crippen LogP contribution in [0.25, 0.3) is 0 Å². The summed E-state index contributed by atoms with van der Waals surface area (Å²) in [5, 5.41) is 13.4. The molecule has 0 rings (SSSR count). The Bertz CT molecular complexity index is 359. The van der Waals surface area contributed by atoms with Crippen molar-refractivity contribution in [1.29, 1.82) is 0 Å². The van der Waals surface area contributed by atoms with Crippen molar-refractivity contribution in [3.63, 3.8) is 0 Å². The summed E-state index contributed by atoms with van der Waals surface area (Å²) in [7, 11) is 0. The molecule has 0 aliphatic carbocycles. The van der Waals surface area contributed by atoms with E-state index in [-0.39, 0.29) is 6.10 Å². The topological polar surface area (TPSA) is 32.3 Å². The SMILES string of the molecule is CCCCCCCCCCCCCCCCCCNCCCCCCCCCCCC(O)CCC. The summed E-state index contributed by atoms with van der Waals surface area (Å²) in [5.74, 6) is 0. The Morgan fingerprint density at radius 2 is 0.686 bits per heavy atom. The second-order valence-electron chi connectivity index (χ2n) is 11.5. The van der Waals surface area contributed by atoms with Gasteiger partial charge in [-0.2, -0.15) is 0 Å². The van der Waals surface area contributed by atoms with Gasteiger partial charge in [0.25, 0.3) is 0 Å². The van der Waals surface area contributed by atoms with Crippen LogP contribution in [-0.2, 0) is 0 Å².